The summed E-state index contributed by atoms with van der Waals surface area (Å²) in [7, 11) is 0. The van der Waals surface area contributed by atoms with Gasteiger partial charge in [0, 0.05) is 6.20 Å². The summed E-state index contributed by atoms with van der Waals surface area (Å²) >= 11 is 0. The molecule has 14 heavy (non-hydrogen) atoms. The first-order valence-corrected chi connectivity index (χ1v) is 3.99. The number of nitrogens with zero attached hydrogens (tertiary/aromatic N) is 2. The van der Waals surface area contributed by atoms with Crippen LogP contribution in [0.2, 0.25) is 0 Å². The quantitative estimate of drug-likeness (QED) is 0.739. The summed E-state index contributed by atoms with van der Waals surface area (Å²) in [6.45, 7) is 1.50. The molecule has 0 amide bonds. The van der Waals surface area contributed by atoms with Gasteiger partial charge in [0.1, 0.15) is 11.9 Å². The van der Waals surface area contributed by atoms with E-state index in [-0.39, 0.29) is 0 Å². The highest BCUT2D eigenvalue weighted by atomic mass is 16.4. The molecule has 0 aromatic carbocycles. The summed E-state index contributed by atoms with van der Waals surface area (Å²) in [5, 5.41) is 19.9. The van der Waals surface area contributed by atoms with E-state index in [9.17, 15) is 4.79 Å². The molecule has 2 N–H and O–H groups in total. The number of anilines is 1. The maximum atomic E-state index is 10.5. The third-order valence-corrected chi connectivity index (χ3v) is 1.62. The van der Waals surface area contributed by atoms with E-state index >= 15 is 0 Å². The molecule has 0 aliphatic rings. The van der Waals surface area contributed by atoms with Crippen LogP contribution in [0.5, 0.6) is 0 Å². The molecule has 0 saturated heterocycles. The zero-order valence-corrected chi connectivity index (χ0v) is 7.56. The number of rotatable bonds is 3. The van der Waals surface area contributed by atoms with Gasteiger partial charge in [0.25, 0.3) is 0 Å². The Morgan fingerprint density at radius 2 is 2.50 bits per heavy atom. The average molecular weight is 191 g/mol. The number of aliphatic carboxylic acids is 1. The highest BCUT2D eigenvalue weighted by molar-refractivity contribution is 5.76. The third kappa shape index (κ3) is 2.45. The van der Waals surface area contributed by atoms with Crippen LogP contribution in [0.3, 0.4) is 0 Å². The monoisotopic (exact) mass is 191 g/mol. The van der Waals surface area contributed by atoms with Crippen LogP contribution >= 0.6 is 0 Å². The van der Waals surface area contributed by atoms with Crippen molar-refractivity contribution in [3.63, 3.8) is 0 Å². The van der Waals surface area contributed by atoms with Gasteiger partial charge >= 0.3 is 5.97 Å². The van der Waals surface area contributed by atoms with Crippen molar-refractivity contribution in [1.82, 2.24) is 4.98 Å². The Morgan fingerprint density at radius 3 is 3.07 bits per heavy atom. The Kier molecular flexibility index (Phi) is 3.02. The molecule has 0 saturated carbocycles. The Morgan fingerprint density at radius 1 is 1.79 bits per heavy atom. The van der Waals surface area contributed by atoms with Crippen LogP contribution in [-0.4, -0.2) is 22.1 Å². The summed E-state index contributed by atoms with van der Waals surface area (Å²) in [6.07, 6.45) is 1.45. The van der Waals surface area contributed by atoms with E-state index in [0.717, 1.165) is 0 Å². The van der Waals surface area contributed by atoms with E-state index in [1.165, 1.54) is 19.2 Å². The smallest absolute Gasteiger partial charge is 0.325 e. The van der Waals surface area contributed by atoms with Gasteiger partial charge < -0.3 is 10.4 Å². The zero-order valence-electron chi connectivity index (χ0n) is 7.56. The van der Waals surface area contributed by atoms with E-state index < -0.39 is 12.0 Å². The fraction of sp³-hybridized carbons (Fsp3) is 0.222. The summed E-state index contributed by atoms with van der Waals surface area (Å²) in [5.74, 6) is -0.576. The van der Waals surface area contributed by atoms with Crippen molar-refractivity contribution >= 4 is 11.8 Å². The van der Waals surface area contributed by atoms with Gasteiger partial charge in [0.2, 0.25) is 0 Å². The van der Waals surface area contributed by atoms with Gasteiger partial charge in [-0.3, -0.25) is 4.79 Å². The molecule has 1 rings (SSSR count). The van der Waals surface area contributed by atoms with E-state index in [0.29, 0.717) is 11.4 Å². The fourth-order valence-electron chi connectivity index (χ4n) is 0.863. The van der Waals surface area contributed by atoms with Gasteiger partial charge in [0.05, 0.1) is 11.6 Å². The summed E-state index contributed by atoms with van der Waals surface area (Å²) < 4.78 is 0. The molecular weight excluding hydrogens is 182 g/mol. The molecule has 0 bridgehead atoms. The minimum absolute atomic E-state index is 0.388. The van der Waals surface area contributed by atoms with Crippen molar-refractivity contribution in [3.8, 4) is 6.07 Å². The minimum Gasteiger partial charge on any atom is -0.480 e. The lowest BCUT2D eigenvalue weighted by molar-refractivity contribution is -0.137. The summed E-state index contributed by atoms with van der Waals surface area (Å²) in [4.78, 5) is 14.4. The van der Waals surface area contributed by atoms with Crippen molar-refractivity contribution in [2.24, 2.45) is 0 Å². The lowest BCUT2D eigenvalue weighted by Crippen LogP contribution is -2.25. The molecule has 1 heterocycles. The molecule has 0 radical (unpaired) electrons. The number of carboxylic acids is 1. The van der Waals surface area contributed by atoms with E-state index in [1.807, 2.05) is 6.07 Å². The second-order valence-electron chi connectivity index (χ2n) is 2.75. The van der Waals surface area contributed by atoms with Crippen molar-refractivity contribution in [2.45, 2.75) is 13.0 Å². The molecule has 5 nitrogen and oxygen atoms in total. The number of hydrogen-bond acceptors (Lipinski definition) is 4. The minimum atomic E-state index is -0.964. The van der Waals surface area contributed by atoms with Crippen LogP contribution < -0.4 is 5.32 Å². The Balaban J connectivity index is 2.78. The number of hydrogen-bond donors (Lipinski definition) is 2. The largest absolute Gasteiger partial charge is 0.480 e. The molecule has 1 aromatic rings. The first-order valence-electron chi connectivity index (χ1n) is 3.99. The third-order valence-electron chi connectivity index (χ3n) is 1.62. The van der Waals surface area contributed by atoms with Crippen LogP contribution in [0.25, 0.3) is 0 Å². The van der Waals surface area contributed by atoms with Crippen molar-refractivity contribution < 1.29 is 9.90 Å². The average Bonchev–Trinajstić information content (AvgIpc) is 2.18. The molecule has 0 aliphatic heterocycles. The van der Waals surface area contributed by atoms with Crippen LogP contribution in [0.1, 0.15) is 12.5 Å². The number of carbonyl (C=O) groups is 1. The van der Waals surface area contributed by atoms with E-state index in [2.05, 4.69) is 10.3 Å². The predicted octanol–water partition coefficient (Wildman–Crippen LogP) is 0.838. The summed E-state index contributed by atoms with van der Waals surface area (Å²) in [6, 6.07) is 4.27. The topological polar surface area (TPSA) is 86.0 Å². The highest BCUT2D eigenvalue weighted by Crippen LogP contribution is 2.06. The van der Waals surface area contributed by atoms with Crippen LogP contribution in [0, 0.1) is 11.3 Å². The first kappa shape index (κ1) is 9.99. The maximum Gasteiger partial charge on any atom is 0.325 e. The van der Waals surface area contributed by atoms with Crippen molar-refractivity contribution in [3.05, 3.63) is 23.9 Å². The highest BCUT2D eigenvalue weighted by Gasteiger charge is 2.10. The second-order valence-corrected chi connectivity index (χ2v) is 2.75. The SMILES string of the molecule is C[C@H](Nc1cc(C#N)ccn1)C(=O)O. The Labute approximate surface area is 81.0 Å². The molecule has 5 heteroatoms. The van der Waals surface area contributed by atoms with Gasteiger partial charge in [-0.1, -0.05) is 0 Å². The molecule has 0 fully saturated rings. The van der Waals surface area contributed by atoms with Gasteiger partial charge in [-0.2, -0.15) is 5.26 Å². The standard InChI is InChI=1S/C9H9N3O2/c1-6(9(13)14)12-8-4-7(5-10)2-3-11-8/h2-4,6H,1H3,(H,11,12)(H,13,14)/t6-/m0/s1. The van der Waals surface area contributed by atoms with Crippen molar-refractivity contribution in [1.29, 1.82) is 5.26 Å². The van der Waals surface area contributed by atoms with E-state index in [4.69, 9.17) is 10.4 Å². The van der Waals surface area contributed by atoms with Crippen LogP contribution in [-0.2, 0) is 4.79 Å². The molecule has 72 valence electrons. The first-order chi connectivity index (χ1) is 6.63. The van der Waals surface area contributed by atoms with Gasteiger partial charge in [0.15, 0.2) is 0 Å². The molecule has 0 unspecified atom stereocenters. The van der Waals surface area contributed by atoms with Crippen molar-refractivity contribution in [2.75, 3.05) is 5.32 Å². The number of nitrogens with one attached hydrogen (secondary N) is 1. The fourth-order valence-corrected chi connectivity index (χ4v) is 0.863. The summed E-state index contributed by atoms with van der Waals surface area (Å²) in [5.41, 5.74) is 0.445. The lowest BCUT2D eigenvalue weighted by atomic mass is 10.2. The number of pyridine rings is 1. The zero-order chi connectivity index (χ0) is 10.6. The van der Waals surface area contributed by atoms with Gasteiger partial charge in [-0.05, 0) is 19.1 Å². The van der Waals surface area contributed by atoms with Gasteiger partial charge in [-0.25, -0.2) is 4.98 Å². The molecule has 0 spiro atoms. The molecular formula is C9H9N3O2. The van der Waals surface area contributed by atoms with Gasteiger partial charge in [-0.15, -0.1) is 0 Å². The molecule has 1 aromatic heterocycles. The predicted molar refractivity (Wildman–Crippen MR) is 49.7 cm³/mol. The number of carboxylic acid groups (broad SMARTS) is 1. The van der Waals surface area contributed by atoms with E-state index in [1.54, 1.807) is 6.07 Å². The molecule has 0 aliphatic carbocycles. The Bertz CT molecular complexity index is 384. The molecule has 1 atom stereocenters. The number of nitriles is 1. The Hall–Kier alpha value is -2.09. The van der Waals surface area contributed by atoms with Crippen LogP contribution in [0.4, 0.5) is 5.82 Å². The van der Waals surface area contributed by atoms with Crippen LogP contribution in [0.15, 0.2) is 18.3 Å². The number of aromatic nitrogens is 1. The lowest BCUT2D eigenvalue weighted by Gasteiger charge is -2.09. The second kappa shape index (κ2) is 4.23. The normalized spacial score (nSPS) is 11.4. The maximum absolute atomic E-state index is 10.5.